The molecule has 1 aromatic carbocycles. The number of aryl methyl sites for hydroxylation is 1. The number of ether oxygens (including phenoxy) is 3. The number of benzene rings is 1. The summed E-state index contributed by atoms with van der Waals surface area (Å²) in [4.78, 5) is 12.4. The Morgan fingerprint density at radius 1 is 1.23 bits per heavy atom. The van der Waals surface area contributed by atoms with Crippen molar-refractivity contribution in [1.29, 1.82) is 0 Å². The summed E-state index contributed by atoms with van der Waals surface area (Å²) in [5.41, 5.74) is 1.25. The largest absolute Gasteiger partial charge is 0.452 e. The van der Waals surface area contributed by atoms with Crippen LogP contribution in [-0.2, 0) is 19.0 Å². The Hall–Kier alpha value is -1.30. The Labute approximate surface area is 135 Å². The first-order valence-electron chi connectivity index (χ1n) is 7.26. The van der Waals surface area contributed by atoms with Crippen molar-refractivity contribution in [1.82, 2.24) is 0 Å². The Bertz CT molecular complexity index is 512. The van der Waals surface area contributed by atoms with Crippen molar-refractivity contribution in [2.45, 2.75) is 36.6 Å². The molecule has 3 unspecified atom stereocenters. The van der Waals surface area contributed by atoms with Crippen LogP contribution in [0.1, 0.15) is 12.0 Å². The van der Waals surface area contributed by atoms with Crippen LogP contribution in [0.3, 0.4) is 0 Å². The first-order chi connectivity index (χ1) is 10.6. The minimum Gasteiger partial charge on any atom is -0.452 e. The van der Waals surface area contributed by atoms with Crippen LogP contribution >= 0.6 is 11.8 Å². The fourth-order valence-electron chi connectivity index (χ4n) is 2.27. The lowest BCUT2D eigenvalue weighted by atomic mass is 10.1. The molecule has 1 aliphatic heterocycles. The van der Waals surface area contributed by atoms with Gasteiger partial charge in [-0.15, -0.1) is 11.8 Å². The van der Waals surface area contributed by atoms with Crippen molar-refractivity contribution in [3.63, 3.8) is 0 Å². The summed E-state index contributed by atoms with van der Waals surface area (Å²) < 4.78 is 16.2. The summed E-state index contributed by atoms with van der Waals surface area (Å²) >= 11 is 1.75. The zero-order chi connectivity index (χ0) is 15.9. The van der Waals surface area contributed by atoms with Gasteiger partial charge in [-0.25, -0.2) is 4.79 Å². The van der Waals surface area contributed by atoms with E-state index < -0.39 is 0 Å². The minimum absolute atomic E-state index is 0.0314. The van der Waals surface area contributed by atoms with Gasteiger partial charge in [-0.3, -0.25) is 0 Å². The van der Waals surface area contributed by atoms with Crippen LogP contribution in [0, 0.1) is 6.92 Å². The maximum atomic E-state index is 11.2. The molecule has 0 amide bonds. The Morgan fingerprint density at radius 3 is 2.50 bits per heavy atom. The molecule has 0 radical (unpaired) electrons. The van der Waals surface area contributed by atoms with Crippen molar-refractivity contribution in [3.8, 4) is 0 Å². The van der Waals surface area contributed by atoms with Crippen LogP contribution in [0.4, 0.5) is 0 Å². The summed E-state index contributed by atoms with van der Waals surface area (Å²) in [7, 11) is 3.33. The monoisotopic (exact) mass is 322 g/mol. The lowest BCUT2D eigenvalue weighted by Gasteiger charge is -2.24. The van der Waals surface area contributed by atoms with E-state index in [0.29, 0.717) is 6.42 Å². The third-order valence-corrected chi connectivity index (χ3v) is 4.77. The molecule has 4 nitrogen and oxygen atoms in total. The van der Waals surface area contributed by atoms with E-state index in [4.69, 9.17) is 14.2 Å². The van der Waals surface area contributed by atoms with E-state index >= 15 is 0 Å². The molecule has 1 aromatic rings. The zero-order valence-corrected chi connectivity index (χ0v) is 14.0. The molecule has 1 aliphatic rings. The number of carbonyl (C=O) groups excluding carboxylic acids is 1. The fraction of sp³-hybridized carbons (Fsp3) is 0.471. The van der Waals surface area contributed by atoms with Gasteiger partial charge in [0.25, 0.3) is 0 Å². The summed E-state index contributed by atoms with van der Waals surface area (Å²) in [6, 6.07) is 8.43. The SMILES string of the molecule is COC(CSc1ccc(C)cc1)CC(OC)C1C=CC(=O)O1. The Morgan fingerprint density at radius 2 is 1.95 bits per heavy atom. The standard InChI is InChI=1S/C17H22O4S/c1-12-4-6-14(7-5-12)22-11-13(19-2)10-16(20-3)15-8-9-17(18)21-15/h4-9,13,15-16H,10-11H2,1-3H3. The van der Waals surface area contributed by atoms with E-state index in [1.165, 1.54) is 16.5 Å². The molecule has 0 aliphatic carbocycles. The van der Waals surface area contributed by atoms with E-state index in [0.717, 1.165) is 5.75 Å². The van der Waals surface area contributed by atoms with Gasteiger partial charge in [0.05, 0.1) is 6.10 Å². The van der Waals surface area contributed by atoms with Crippen LogP contribution in [0.15, 0.2) is 41.3 Å². The van der Waals surface area contributed by atoms with E-state index in [-0.39, 0.29) is 24.3 Å². The second kappa shape index (κ2) is 8.36. The summed E-state index contributed by atoms with van der Waals surface area (Å²) in [5.74, 6) is 0.513. The predicted molar refractivity (Wildman–Crippen MR) is 87.1 cm³/mol. The van der Waals surface area contributed by atoms with Crippen molar-refractivity contribution in [2.75, 3.05) is 20.0 Å². The van der Waals surface area contributed by atoms with Gasteiger partial charge in [0.2, 0.25) is 0 Å². The van der Waals surface area contributed by atoms with Crippen LogP contribution in [0.25, 0.3) is 0 Å². The molecule has 0 saturated carbocycles. The van der Waals surface area contributed by atoms with Crippen LogP contribution in [-0.4, -0.2) is 44.3 Å². The maximum absolute atomic E-state index is 11.2. The molecule has 120 valence electrons. The molecular weight excluding hydrogens is 300 g/mol. The Balaban J connectivity index is 1.86. The third-order valence-electron chi connectivity index (χ3n) is 3.63. The molecule has 3 atom stereocenters. The minimum atomic E-state index is -0.320. The van der Waals surface area contributed by atoms with Crippen molar-refractivity contribution >= 4 is 17.7 Å². The van der Waals surface area contributed by atoms with Gasteiger partial charge in [0.15, 0.2) is 0 Å². The molecule has 2 rings (SSSR count). The van der Waals surface area contributed by atoms with Crippen LogP contribution in [0.2, 0.25) is 0 Å². The second-order valence-corrected chi connectivity index (χ2v) is 6.35. The average Bonchev–Trinajstić information content (AvgIpc) is 2.95. The normalized spacial score (nSPS) is 20.0. The topological polar surface area (TPSA) is 44.8 Å². The number of thioether (sulfide) groups is 1. The highest BCUT2D eigenvalue weighted by Gasteiger charge is 2.29. The van der Waals surface area contributed by atoms with E-state index in [9.17, 15) is 4.79 Å². The van der Waals surface area contributed by atoms with Gasteiger partial charge in [0.1, 0.15) is 12.2 Å². The lowest BCUT2D eigenvalue weighted by molar-refractivity contribution is -0.144. The molecule has 0 bridgehead atoms. The number of carbonyl (C=O) groups is 1. The summed E-state index contributed by atoms with van der Waals surface area (Å²) in [5, 5.41) is 0. The van der Waals surface area contributed by atoms with Gasteiger partial charge in [0, 0.05) is 37.4 Å². The van der Waals surface area contributed by atoms with Crippen molar-refractivity contribution in [2.24, 2.45) is 0 Å². The van der Waals surface area contributed by atoms with E-state index in [2.05, 4.69) is 31.2 Å². The van der Waals surface area contributed by atoms with E-state index in [1.54, 1.807) is 32.1 Å². The highest BCUT2D eigenvalue weighted by Crippen LogP contribution is 2.24. The quantitative estimate of drug-likeness (QED) is 0.544. The molecule has 1 heterocycles. The second-order valence-electron chi connectivity index (χ2n) is 5.25. The van der Waals surface area contributed by atoms with Crippen LogP contribution < -0.4 is 0 Å². The van der Waals surface area contributed by atoms with Crippen molar-refractivity contribution in [3.05, 3.63) is 42.0 Å². The van der Waals surface area contributed by atoms with Gasteiger partial charge >= 0.3 is 5.97 Å². The number of rotatable bonds is 8. The molecule has 0 aromatic heterocycles. The summed E-state index contributed by atoms with van der Waals surface area (Å²) in [6.07, 6.45) is 3.39. The molecule has 0 saturated heterocycles. The van der Waals surface area contributed by atoms with E-state index in [1.807, 2.05) is 0 Å². The van der Waals surface area contributed by atoms with Crippen LogP contribution in [0.5, 0.6) is 0 Å². The zero-order valence-electron chi connectivity index (χ0n) is 13.2. The van der Waals surface area contributed by atoms with Gasteiger partial charge in [-0.05, 0) is 25.1 Å². The smallest absolute Gasteiger partial charge is 0.331 e. The number of esters is 1. The molecule has 5 heteroatoms. The van der Waals surface area contributed by atoms with Crippen molar-refractivity contribution < 1.29 is 19.0 Å². The predicted octanol–water partition coefficient (Wildman–Crippen LogP) is 2.99. The number of hydrogen-bond acceptors (Lipinski definition) is 5. The Kier molecular flexibility index (Phi) is 6.49. The first-order valence-corrected chi connectivity index (χ1v) is 8.25. The first kappa shape index (κ1) is 17.1. The molecule has 22 heavy (non-hydrogen) atoms. The molecule has 0 fully saturated rings. The molecule has 0 spiro atoms. The third kappa shape index (κ3) is 4.87. The maximum Gasteiger partial charge on any atom is 0.331 e. The highest BCUT2D eigenvalue weighted by molar-refractivity contribution is 7.99. The van der Waals surface area contributed by atoms with Gasteiger partial charge in [-0.1, -0.05) is 17.7 Å². The van der Waals surface area contributed by atoms with Gasteiger partial charge in [-0.2, -0.15) is 0 Å². The highest BCUT2D eigenvalue weighted by atomic mass is 32.2. The molecular formula is C17H22O4S. The number of cyclic esters (lactones) is 1. The lowest BCUT2D eigenvalue weighted by Crippen LogP contribution is -2.33. The molecule has 0 N–H and O–H groups in total. The number of methoxy groups -OCH3 is 2. The van der Waals surface area contributed by atoms with Gasteiger partial charge < -0.3 is 14.2 Å². The average molecular weight is 322 g/mol. The fourth-order valence-corrected chi connectivity index (χ4v) is 3.24. The number of hydrogen-bond donors (Lipinski definition) is 0. The summed E-state index contributed by atoms with van der Waals surface area (Å²) in [6.45, 7) is 2.08.